The molecule has 5 aromatic rings. The average molecular weight is 534 g/mol. The van der Waals surface area contributed by atoms with Gasteiger partial charge in [0.15, 0.2) is 0 Å². The minimum atomic E-state index is -1.55. The van der Waals surface area contributed by atoms with Gasteiger partial charge in [-0.1, -0.05) is 46.3 Å². The van der Waals surface area contributed by atoms with Crippen LogP contribution in [0.4, 0.5) is 5.69 Å². The summed E-state index contributed by atoms with van der Waals surface area (Å²) in [5.41, 5.74) is 10.1. The van der Waals surface area contributed by atoms with Crippen molar-refractivity contribution in [3.63, 3.8) is 0 Å². The number of nitrogens with zero attached hydrogens (tertiary/aromatic N) is 3. The van der Waals surface area contributed by atoms with Gasteiger partial charge in [-0.25, -0.2) is 9.97 Å². The molecule has 2 aliphatic heterocycles. The predicted octanol–water partition coefficient (Wildman–Crippen LogP) is 5.33. The summed E-state index contributed by atoms with van der Waals surface area (Å²) in [6.07, 6.45) is 0. The number of halogens is 1. The molecule has 172 valence electrons. The summed E-state index contributed by atoms with van der Waals surface area (Å²) in [4.78, 5) is 24.0. The Bertz CT molecular complexity index is 1920. The zero-order valence-corrected chi connectivity index (χ0v) is 20.5. The summed E-state index contributed by atoms with van der Waals surface area (Å²) in [5.74, 6) is -0.0952. The second-order valence-corrected chi connectivity index (χ2v) is 9.93. The topological polar surface area (TPSA) is 114 Å². The van der Waals surface area contributed by atoms with Crippen LogP contribution in [-0.2, 0) is 10.2 Å². The molecule has 1 unspecified atom stereocenters. The Morgan fingerprint density at radius 3 is 2.61 bits per heavy atom. The van der Waals surface area contributed by atoms with Crippen molar-refractivity contribution in [2.45, 2.75) is 12.3 Å². The lowest BCUT2D eigenvalue weighted by atomic mass is 9.68. The number of nitrogens with one attached hydrogen (secondary N) is 1. The van der Waals surface area contributed by atoms with E-state index in [1.165, 1.54) is 0 Å². The molecule has 7 rings (SSSR count). The minimum absolute atomic E-state index is 0.0201. The molecule has 0 aliphatic carbocycles. The maximum absolute atomic E-state index is 14.0. The van der Waals surface area contributed by atoms with E-state index in [9.17, 15) is 10.1 Å². The highest BCUT2D eigenvalue weighted by molar-refractivity contribution is 9.10. The van der Waals surface area contributed by atoms with Crippen molar-refractivity contribution in [3.8, 4) is 11.8 Å². The summed E-state index contributed by atoms with van der Waals surface area (Å²) in [5, 5.41) is 14.8. The number of carbonyl (C=O) groups excluding carboxylic acids is 1. The number of aromatic nitrogens is 2. The van der Waals surface area contributed by atoms with E-state index in [0.717, 1.165) is 26.3 Å². The van der Waals surface area contributed by atoms with Gasteiger partial charge in [0, 0.05) is 32.1 Å². The maximum Gasteiger partial charge on any atom is 0.245 e. The minimum Gasteiger partial charge on any atom is -0.439 e. The standard InChI is InChI=1S/C28H16BrN5O2/c1-13-6-8-20-21(10-13)33-23-15-4-2-3-5-16(15)25-22(24(23)32-20)28(18(12-30)26(31)36-25)17-11-14(29)7-9-19(17)34-27(28)35/h2-11H,31H2,1H3,(H,34,35). The fraction of sp³-hybridized carbons (Fsp3) is 0.0714. The number of nitriles is 1. The van der Waals surface area contributed by atoms with E-state index in [2.05, 4.69) is 27.3 Å². The highest BCUT2D eigenvalue weighted by Crippen LogP contribution is 2.57. The van der Waals surface area contributed by atoms with Crippen molar-refractivity contribution in [3.05, 3.63) is 93.3 Å². The molecule has 1 spiro atoms. The van der Waals surface area contributed by atoms with Gasteiger partial charge in [-0.2, -0.15) is 5.26 Å². The number of nitrogens with two attached hydrogens (primary N) is 1. The molecule has 1 aromatic heterocycles. The van der Waals surface area contributed by atoms with Gasteiger partial charge in [0.05, 0.1) is 22.1 Å². The van der Waals surface area contributed by atoms with Crippen LogP contribution >= 0.6 is 15.9 Å². The number of aryl methyl sites for hydroxylation is 1. The predicted molar refractivity (Wildman–Crippen MR) is 140 cm³/mol. The molecule has 2 aliphatic rings. The first-order chi connectivity index (χ1) is 17.4. The highest BCUT2D eigenvalue weighted by atomic mass is 79.9. The fourth-order valence-corrected chi connectivity index (χ4v) is 5.85. The third-order valence-electron chi connectivity index (χ3n) is 7.01. The van der Waals surface area contributed by atoms with E-state index in [0.29, 0.717) is 39.1 Å². The van der Waals surface area contributed by atoms with Crippen LogP contribution < -0.4 is 15.8 Å². The number of benzene rings is 4. The molecule has 36 heavy (non-hydrogen) atoms. The van der Waals surface area contributed by atoms with E-state index in [1.54, 1.807) is 6.07 Å². The van der Waals surface area contributed by atoms with Crippen LogP contribution in [0.1, 0.15) is 16.7 Å². The summed E-state index contributed by atoms with van der Waals surface area (Å²) in [6.45, 7) is 2.00. The van der Waals surface area contributed by atoms with Gasteiger partial charge in [0.25, 0.3) is 0 Å². The fourth-order valence-electron chi connectivity index (χ4n) is 5.49. The number of amides is 1. The highest BCUT2D eigenvalue weighted by Gasteiger charge is 2.58. The molecule has 3 heterocycles. The molecule has 0 saturated carbocycles. The quantitative estimate of drug-likeness (QED) is 0.205. The Morgan fingerprint density at radius 2 is 1.81 bits per heavy atom. The molecule has 4 aromatic carbocycles. The van der Waals surface area contributed by atoms with Crippen LogP contribution in [0.5, 0.6) is 5.75 Å². The molecule has 1 atom stereocenters. The van der Waals surface area contributed by atoms with E-state index in [-0.39, 0.29) is 17.4 Å². The monoisotopic (exact) mass is 533 g/mol. The van der Waals surface area contributed by atoms with Crippen LogP contribution in [0.25, 0.3) is 32.8 Å². The van der Waals surface area contributed by atoms with Crippen molar-refractivity contribution in [2.24, 2.45) is 5.73 Å². The van der Waals surface area contributed by atoms with Crippen LogP contribution in [0.15, 0.2) is 76.6 Å². The van der Waals surface area contributed by atoms with Gasteiger partial charge in [0.2, 0.25) is 11.8 Å². The smallest absolute Gasteiger partial charge is 0.245 e. The summed E-state index contributed by atoms with van der Waals surface area (Å²) < 4.78 is 6.91. The summed E-state index contributed by atoms with van der Waals surface area (Å²) >= 11 is 3.53. The Hall–Kier alpha value is -4.48. The Kier molecular flexibility index (Phi) is 4.07. The van der Waals surface area contributed by atoms with E-state index < -0.39 is 5.41 Å². The van der Waals surface area contributed by atoms with Crippen LogP contribution in [0.3, 0.4) is 0 Å². The van der Waals surface area contributed by atoms with Gasteiger partial charge < -0.3 is 15.8 Å². The second kappa shape index (κ2) is 7.03. The van der Waals surface area contributed by atoms with Crippen LogP contribution in [0.2, 0.25) is 0 Å². The molecular formula is C28H16BrN5O2. The largest absolute Gasteiger partial charge is 0.439 e. The van der Waals surface area contributed by atoms with Gasteiger partial charge >= 0.3 is 0 Å². The molecule has 3 N–H and O–H groups in total. The first-order valence-corrected chi connectivity index (χ1v) is 12.1. The van der Waals surface area contributed by atoms with Gasteiger partial charge in [-0.15, -0.1) is 0 Å². The van der Waals surface area contributed by atoms with E-state index in [4.69, 9.17) is 20.4 Å². The molecule has 8 heteroatoms. The molecule has 0 radical (unpaired) electrons. The average Bonchev–Trinajstić information content (AvgIpc) is 3.14. The molecular weight excluding hydrogens is 518 g/mol. The van der Waals surface area contributed by atoms with Gasteiger partial charge in [-0.3, -0.25) is 4.79 Å². The number of fused-ring (bicyclic) bond motifs is 10. The van der Waals surface area contributed by atoms with E-state index in [1.807, 2.05) is 61.5 Å². The van der Waals surface area contributed by atoms with Crippen molar-refractivity contribution in [2.75, 3.05) is 5.32 Å². The number of rotatable bonds is 0. The number of hydrogen-bond acceptors (Lipinski definition) is 6. The van der Waals surface area contributed by atoms with Crippen molar-refractivity contribution in [1.82, 2.24) is 9.97 Å². The molecule has 0 bridgehead atoms. The summed E-state index contributed by atoms with van der Waals surface area (Å²) in [6, 6.07) is 21.2. The van der Waals surface area contributed by atoms with Gasteiger partial charge in [0.1, 0.15) is 22.8 Å². The van der Waals surface area contributed by atoms with E-state index >= 15 is 0 Å². The lowest BCUT2D eigenvalue weighted by molar-refractivity contribution is -0.118. The first-order valence-electron chi connectivity index (χ1n) is 11.3. The lowest BCUT2D eigenvalue weighted by Gasteiger charge is -2.35. The molecule has 1 amide bonds. The van der Waals surface area contributed by atoms with Crippen molar-refractivity contribution < 1.29 is 9.53 Å². The number of hydrogen-bond donors (Lipinski definition) is 2. The maximum atomic E-state index is 14.0. The Morgan fingerprint density at radius 1 is 1.03 bits per heavy atom. The number of anilines is 1. The number of carbonyl (C=O) groups is 1. The molecule has 0 fully saturated rings. The van der Waals surface area contributed by atoms with Crippen molar-refractivity contribution in [1.29, 1.82) is 5.26 Å². The summed E-state index contributed by atoms with van der Waals surface area (Å²) in [7, 11) is 0. The normalized spacial score (nSPS) is 18.3. The zero-order valence-electron chi connectivity index (χ0n) is 18.9. The molecule has 0 saturated heterocycles. The van der Waals surface area contributed by atoms with Gasteiger partial charge in [-0.05, 0) is 42.8 Å². The Labute approximate surface area is 213 Å². The first kappa shape index (κ1) is 20.9. The number of ether oxygens (including phenoxy) is 1. The Balaban J connectivity index is 1.77. The third-order valence-corrected chi connectivity index (χ3v) is 7.50. The zero-order chi connectivity index (χ0) is 24.8. The SMILES string of the molecule is Cc1ccc2nc3c4c(c5ccccc5c3nc2c1)OC(N)=C(C#N)C41C(=O)Nc2ccc(Br)cc21. The van der Waals surface area contributed by atoms with Crippen LogP contribution in [-0.4, -0.2) is 15.9 Å². The third kappa shape index (κ3) is 2.47. The second-order valence-electron chi connectivity index (χ2n) is 9.01. The van der Waals surface area contributed by atoms with Crippen molar-refractivity contribution >= 4 is 60.4 Å². The van der Waals surface area contributed by atoms with Crippen LogP contribution in [0, 0.1) is 18.3 Å². The molecule has 7 nitrogen and oxygen atoms in total. The lowest BCUT2D eigenvalue weighted by Crippen LogP contribution is -2.42.